The molecule has 19 heavy (non-hydrogen) atoms. The number of carbonyl (C=O) groups is 1. The number of amides is 1. The molecule has 1 aromatic rings. The summed E-state index contributed by atoms with van der Waals surface area (Å²) in [6, 6.07) is 6.06. The maximum Gasteiger partial charge on any atom is 0.224 e. The minimum Gasteiger partial charge on any atom is -0.492 e. The summed E-state index contributed by atoms with van der Waals surface area (Å²) in [5.41, 5.74) is 7.75. The summed E-state index contributed by atoms with van der Waals surface area (Å²) in [5, 5.41) is 2.79. The van der Waals surface area contributed by atoms with Gasteiger partial charge in [0, 0.05) is 12.5 Å². The predicted octanol–water partition coefficient (Wildman–Crippen LogP) is 1.82. The molecule has 4 nitrogen and oxygen atoms in total. The molecule has 0 aliphatic rings. The second-order valence-electron chi connectivity index (χ2n) is 4.60. The summed E-state index contributed by atoms with van der Waals surface area (Å²) in [7, 11) is 0. The number of aryl methyl sites for hydroxylation is 2. The summed E-state index contributed by atoms with van der Waals surface area (Å²) >= 11 is 0. The lowest BCUT2D eigenvalue weighted by molar-refractivity contribution is -0.124. The van der Waals surface area contributed by atoms with Crippen LogP contribution in [0.1, 0.15) is 18.1 Å². The number of benzene rings is 1. The van der Waals surface area contributed by atoms with Gasteiger partial charge < -0.3 is 15.8 Å². The SMILES string of the molecule is Cc1cc(C)cc(OCCNC(=O)C(C)CN)c1.Cl. The fourth-order valence-corrected chi connectivity index (χ4v) is 1.64. The van der Waals surface area contributed by atoms with Crippen molar-refractivity contribution in [2.24, 2.45) is 11.7 Å². The summed E-state index contributed by atoms with van der Waals surface area (Å²) in [6.07, 6.45) is 0. The van der Waals surface area contributed by atoms with E-state index in [1.165, 1.54) is 11.1 Å². The molecule has 1 rings (SSSR count). The molecule has 3 N–H and O–H groups in total. The highest BCUT2D eigenvalue weighted by atomic mass is 35.5. The molecule has 1 amide bonds. The monoisotopic (exact) mass is 286 g/mol. The molecule has 0 aliphatic carbocycles. The summed E-state index contributed by atoms with van der Waals surface area (Å²) in [5.74, 6) is 0.668. The molecule has 5 heteroatoms. The third-order valence-electron chi connectivity index (χ3n) is 2.67. The molecule has 1 aromatic carbocycles. The fraction of sp³-hybridized carbons (Fsp3) is 0.500. The Hall–Kier alpha value is -1.26. The summed E-state index contributed by atoms with van der Waals surface area (Å²) in [4.78, 5) is 11.4. The van der Waals surface area contributed by atoms with Crippen LogP contribution in [0.25, 0.3) is 0 Å². The fourth-order valence-electron chi connectivity index (χ4n) is 1.64. The Kier molecular flexibility index (Phi) is 8.19. The molecule has 0 aromatic heterocycles. The molecule has 0 bridgehead atoms. The highest BCUT2D eigenvalue weighted by Crippen LogP contribution is 2.15. The number of ether oxygens (including phenoxy) is 1. The van der Waals surface area contributed by atoms with Crippen LogP contribution < -0.4 is 15.8 Å². The smallest absolute Gasteiger partial charge is 0.224 e. The van der Waals surface area contributed by atoms with Crippen LogP contribution in [-0.2, 0) is 4.79 Å². The summed E-state index contributed by atoms with van der Waals surface area (Å²) in [6.45, 7) is 7.20. The van der Waals surface area contributed by atoms with Gasteiger partial charge in [0.1, 0.15) is 12.4 Å². The van der Waals surface area contributed by atoms with Crippen molar-refractivity contribution >= 4 is 18.3 Å². The Morgan fingerprint density at radius 2 is 1.89 bits per heavy atom. The highest BCUT2D eigenvalue weighted by molar-refractivity contribution is 5.85. The Morgan fingerprint density at radius 3 is 2.42 bits per heavy atom. The van der Waals surface area contributed by atoms with Gasteiger partial charge in [-0.1, -0.05) is 13.0 Å². The minimum atomic E-state index is -0.147. The van der Waals surface area contributed by atoms with Crippen LogP contribution in [0.2, 0.25) is 0 Å². The van der Waals surface area contributed by atoms with Crippen molar-refractivity contribution < 1.29 is 9.53 Å². The van der Waals surface area contributed by atoms with Crippen molar-refractivity contribution in [2.75, 3.05) is 19.7 Å². The van der Waals surface area contributed by atoms with Crippen molar-refractivity contribution in [1.29, 1.82) is 0 Å². The van der Waals surface area contributed by atoms with Gasteiger partial charge in [0.05, 0.1) is 6.54 Å². The minimum absolute atomic E-state index is 0. The van der Waals surface area contributed by atoms with Gasteiger partial charge in [0.2, 0.25) is 5.91 Å². The largest absolute Gasteiger partial charge is 0.492 e. The van der Waals surface area contributed by atoms with Crippen molar-refractivity contribution in [3.63, 3.8) is 0 Å². The normalized spacial score (nSPS) is 11.4. The van der Waals surface area contributed by atoms with E-state index >= 15 is 0 Å². The van der Waals surface area contributed by atoms with Crippen LogP contribution in [0.5, 0.6) is 5.75 Å². The van der Waals surface area contributed by atoms with E-state index < -0.39 is 0 Å². The lowest BCUT2D eigenvalue weighted by Gasteiger charge is -2.11. The first kappa shape index (κ1) is 17.7. The molecule has 0 saturated heterocycles. The second-order valence-corrected chi connectivity index (χ2v) is 4.60. The summed E-state index contributed by atoms with van der Waals surface area (Å²) < 4.78 is 5.59. The highest BCUT2D eigenvalue weighted by Gasteiger charge is 2.09. The topological polar surface area (TPSA) is 64.3 Å². The van der Waals surface area contributed by atoms with Gasteiger partial charge in [-0.3, -0.25) is 4.79 Å². The van der Waals surface area contributed by atoms with Gasteiger partial charge in [0.15, 0.2) is 0 Å². The van der Waals surface area contributed by atoms with Gasteiger partial charge in [0.25, 0.3) is 0 Å². The quantitative estimate of drug-likeness (QED) is 0.784. The van der Waals surface area contributed by atoms with Crippen LogP contribution in [0.4, 0.5) is 0 Å². The zero-order valence-electron chi connectivity index (χ0n) is 11.7. The predicted molar refractivity (Wildman–Crippen MR) is 79.9 cm³/mol. The molecular formula is C14H23ClN2O2. The van der Waals surface area contributed by atoms with E-state index in [0.29, 0.717) is 19.7 Å². The van der Waals surface area contributed by atoms with E-state index in [9.17, 15) is 4.79 Å². The Morgan fingerprint density at radius 1 is 1.32 bits per heavy atom. The molecule has 1 unspecified atom stereocenters. The average molecular weight is 287 g/mol. The van der Waals surface area contributed by atoms with Crippen molar-refractivity contribution in [1.82, 2.24) is 5.32 Å². The van der Waals surface area contributed by atoms with E-state index in [4.69, 9.17) is 10.5 Å². The zero-order chi connectivity index (χ0) is 13.5. The first-order valence-corrected chi connectivity index (χ1v) is 6.22. The van der Waals surface area contributed by atoms with Crippen LogP contribution in [-0.4, -0.2) is 25.6 Å². The van der Waals surface area contributed by atoms with E-state index in [1.54, 1.807) is 6.92 Å². The van der Waals surface area contributed by atoms with E-state index in [-0.39, 0.29) is 24.2 Å². The molecule has 0 aliphatic heterocycles. The Balaban J connectivity index is 0.00000324. The molecule has 0 saturated carbocycles. The van der Waals surface area contributed by atoms with E-state index in [1.807, 2.05) is 26.0 Å². The molecule has 0 heterocycles. The first-order valence-electron chi connectivity index (χ1n) is 6.22. The number of halogens is 1. The number of nitrogens with two attached hydrogens (primary N) is 1. The number of carbonyl (C=O) groups excluding carboxylic acids is 1. The molecule has 0 spiro atoms. The standard InChI is InChI=1S/C14H22N2O2.ClH/c1-10-6-11(2)8-13(7-10)18-5-4-16-14(17)12(3)9-15;/h6-8,12H,4-5,9,15H2,1-3H3,(H,16,17);1H. The van der Waals surface area contributed by atoms with Crippen molar-refractivity contribution in [3.05, 3.63) is 29.3 Å². The van der Waals surface area contributed by atoms with Gasteiger partial charge in [-0.15, -0.1) is 12.4 Å². The van der Waals surface area contributed by atoms with E-state index in [2.05, 4.69) is 11.4 Å². The first-order chi connectivity index (χ1) is 8.52. The maximum atomic E-state index is 11.4. The lowest BCUT2D eigenvalue weighted by atomic mass is 10.1. The number of hydrogen-bond donors (Lipinski definition) is 2. The van der Waals surface area contributed by atoms with E-state index in [0.717, 1.165) is 5.75 Å². The Labute approximate surface area is 121 Å². The molecule has 1 atom stereocenters. The molecular weight excluding hydrogens is 264 g/mol. The third-order valence-corrected chi connectivity index (χ3v) is 2.67. The number of nitrogens with one attached hydrogen (secondary N) is 1. The van der Waals surface area contributed by atoms with Gasteiger partial charge in [-0.2, -0.15) is 0 Å². The van der Waals surface area contributed by atoms with Crippen LogP contribution >= 0.6 is 12.4 Å². The van der Waals surface area contributed by atoms with Crippen LogP contribution in [0.3, 0.4) is 0 Å². The third kappa shape index (κ3) is 6.45. The van der Waals surface area contributed by atoms with Gasteiger partial charge >= 0.3 is 0 Å². The number of rotatable bonds is 6. The molecule has 0 fully saturated rings. The van der Waals surface area contributed by atoms with Gasteiger partial charge in [-0.25, -0.2) is 0 Å². The van der Waals surface area contributed by atoms with Crippen molar-refractivity contribution in [2.45, 2.75) is 20.8 Å². The second kappa shape index (κ2) is 8.77. The maximum absolute atomic E-state index is 11.4. The lowest BCUT2D eigenvalue weighted by Crippen LogP contribution is -2.35. The van der Waals surface area contributed by atoms with Crippen LogP contribution in [0, 0.1) is 19.8 Å². The zero-order valence-corrected chi connectivity index (χ0v) is 12.5. The average Bonchev–Trinajstić information content (AvgIpc) is 2.32. The molecule has 0 radical (unpaired) electrons. The number of hydrogen-bond acceptors (Lipinski definition) is 3. The van der Waals surface area contributed by atoms with Crippen LogP contribution in [0.15, 0.2) is 18.2 Å². The molecule has 108 valence electrons. The van der Waals surface area contributed by atoms with Gasteiger partial charge in [-0.05, 0) is 37.1 Å². The Bertz CT molecular complexity index is 390. The van der Waals surface area contributed by atoms with Crippen molar-refractivity contribution in [3.8, 4) is 5.75 Å².